The van der Waals surface area contributed by atoms with Crippen LogP contribution in [0.3, 0.4) is 0 Å². The van der Waals surface area contributed by atoms with Crippen LogP contribution >= 0.6 is 12.6 Å². The molecule has 3 nitrogen and oxygen atoms in total. The average molecular weight is 251 g/mol. The number of likely N-dealkylation sites (tertiary alicyclic amines) is 1. The van der Waals surface area contributed by atoms with E-state index in [4.69, 9.17) is 4.74 Å². The van der Waals surface area contributed by atoms with Crippen molar-refractivity contribution in [1.29, 1.82) is 0 Å². The molecule has 2 rings (SSSR count). The molecule has 1 aliphatic heterocycles. The molecule has 0 atom stereocenters. The highest BCUT2D eigenvalue weighted by atomic mass is 32.1. The molecule has 17 heavy (non-hydrogen) atoms. The molecular formula is C13H17NO2S. The van der Waals surface area contributed by atoms with Crippen LogP contribution < -0.4 is 0 Å². The number of methoxy groups -OCH3 is 1. The number of rotatable bonds is 1. The molecule has 1 fully saturated rings. The first kappa shape index (κ1) is 12.3. The van der Waals surface area contributed by atoms with Crippen LogP contribution in [0.2, 0.25) is 0 Å². The smallest absolute Gasteiger partial charge is 0.409 e. The minimum atomic E-state index is -0.220. The van der Waals surface area contributed by atoms with Gasteiger partial charge in [-0.2, -0.15) is 0 Å². The molecule has 1 aromatic carbocycles. The zero-order chi connectivity index (χ0) is 12.3. The molecule has 1 aromatic rings. The van der Waals surface area contributed by atoms with Crippen molar-refractivity contribution < 1.29 is 9.53 Å². The van der Waals surface area contributed by atoms with Crippen molar-refractivity contribution in [3.8, 4) is 0 Å². The van der Waals surface area contributed by atoms with Crippen molar-refractivity contribution in [2.45, 2.75) is 23.7 Å². The molecule has 0 aromatic heterocycles. The summed E-state index contributed by atoms with van der Waals surface area (Å²) >= 11 is 4.48. The molecule has 1 heterocycles. The second-order valence-electron chi connectivity index (χ2n) is 4.29. The van der Waals surface area contributed by atoms with Crippen LogP contribution in [0, 0.1) is 0 Å². The van der Waals surface area contributed by atoms with Gasteiger partial charge in [0.2, 0.25) is 0 Å². The average Bonchev–Trinajstić information content (AvgIpc) is 2.39. The first-order valence-corrected chi connectivity index (χ1v) is 6.28. The van der Waals surface area contributed by atoms with Crippen LogP contribution in [0.4, 0.5) is 4.79 Å². The topological polar surface area (TPSA) is 29.5 Å². The number of thiol groups is 1. The molecule has 0 bridgehead atoms. The van der Waals surface area contributed by atoms with Crippen molar-refractivity contribution in [3.63, 3.8) is 0 Å². The fourth-order valence-electron chi connectivity index (χ4n) is 2.33. The van der Waals surface area contributed by atoms with Crippen LogP contribution in [0.15, 0.2) is 29.2 Å². The van der Waals surface area contributed by atoms with E-state index < -0.39 is 0 Å². The van der Waals surface area contributed by atoms with E-state index in [1.54, 1.807) is 4.90 Å². The lowest BCUT2D eigenvalue weighted by Gasteiger charge is -2.31. The predicted octanol–water partition coefficient (Wildman–Crippen LogP) is 2.92. The zero-order valence-electron chi connectivity index (χ0n) is 9.93. The Bertz CT molecular complexity index is 400. The Morgan fingerprint density at radius 1 is 1.35 bits per heavy atom. The quantitative estimate of drug-likeness (QED) is 0.778. The van der Waals surface area contributed by atoms with E-state index in [0.717, 1.165) is 30.8 Å². The van der Waals surface area contributed by atoms with Gasteiger partial charge in [-0.3, -0.25) is 0 Å². The normalized spacial score (nSPS) is 16.9. The molecule has 0 saturated carbocycles. The Morgan fingerprint density at radius 2 is 2.00 bits per heavy atom. The lowest BCUT2D eigenvalue weighted by Crippen LogP contribution is -2.37. The summed E-state index contributed by atoms with van der Waals surface area (Å²) in [5.74, 6) is 0.504. The maximum Gasteiger partial charge on any atom is 0.409 e. The van der Waals surface area contributed by atoms with Crippen LogP contribution in [0.5, 0.6) is 0 Å². The van der Waals surface area contributed by atoms with E-state index in [1.807, 2.05) is 18.2 Å². The van der Waals surface area contributed by atoms with E-state index in [0.29, 0.717) is 5.92 Å². The standard InChI is InChI=1S/C13H17NO2S/c1-16-13(15)14-8-6-10(7-9-14)11-4-2-3-5-12(11)17/h2-5,10,17H,6-9H2,1H3. The Hall–Kier alpha value is -1.16. The van der Waals surface area contributed by atoms with Gasteiger partial charge in [0.25, 0.3) is 0 Å². The molecular weight excluding hydrogens is 234 g/mol. The van der Waals surface area contributed by atoms with Crippen molar-refractivity contribution in [3.05, 3.63) is 29.8 Å². The van der Waals surface area contributed by atoms with Gasteiger partial charge in [0.15, 0.2) is 0 Å². The lowest BCUT2D eigenvalue weighted by molar-refractivity contribution is 0.112. The first-order chi connectivity index (χ1) is 8.22. The number of hydrogen-bond acceptors (Lipinski definition) is 3. The fourth-order valence-corrected chi connectivity index (χ4v) is 2.68. The summed E-state index contributed by atoms with van der Waals surface area (Å²) in [6.07, 6.45) is 1.74. The predicted molar refractivity (Wildman–Crippen MR) is 69.6 cm³/mol. The van der Waals surface area contributed by atoms with Crippen molar-refractivity contribution in [2.75, 3.05) is 20.2 Å². The Kier molecular flexibility index (Phi) is 3.94. The summed E-state index contributed by atoms with van der Waals surface area (Å²) in [4.78, 5) is 14.2. The maximum atomic E-state index is 11.4. The van der Waals surface area contributed by atoms with E-state index in [2.05, 4.69) is 18.7 Å². The molecule has 4 heteroatoms. The molecule has 0 unspecified atom stereocenters. The van der Waals surface area contributed by atoms with Gasteiger partial charge in [0, 0.05) is 18.0 Å². The second-order valence-corrected chi connectivity index (χ2v) is 4.77. The zero-order valence-corrected chi connectivity index (χ0v) is 10.8. The number of piperidine rings is 1. The number of ether oxygens (including phenoxy) is 1. The Labute approximate surface area is 107 Å². The largest absolute Gasteiger partial charge is 0.453 e. The van der Waals surface area contributed by atoms with Crippen LogP contribution in [0.1, 0.15) is 24.3 Å². The molecule has 0 spiro atoms. The van der Waals surface area contributed by atoms with E-state index in [-0.39, 0.29) is 6.09 Å². The fraction of sp³-hybridized carbons (Fsp3) is 0.462. The summed E-state index contributed by atoms with van der Waals surface area (Å²) in [5.41, 5.74) is 1.29. The van der Waals surface area contributed by atoms with E-state index in [1.165, 1.54) is 12.7 Å². The van der Waals surface area contributed by atoms with Gasteiger partial charge >= 0.3 is 6.09 Å². The second kappa shape index (κ2) is 5.45. The molecule has 92 valence electrons. The van der Waals surface area contributed by atoms with Gasteiger partial charge < -0.3 is 9.64 Å². The summed E-state index contributed by atoms with van der Waals surface area (Å²) in [6.45, 7) is 1.53. The van der Waals surface area contributed by atoms with Gasteiger partial charge in [-0.25, -0.2) is 4.79 Å². The first-order valence-electron chi connectivity index (χ1n) is 5.83. The number of hydrogen-bond donors (Lipinski definition) is 1. The lowest BCUT2D eigenvalue weighted by atomic mass is 9.89. The van der Waals surface area contributed by atoms with Gasteiger partial charge in [-0.15, -0.1) is 12.6 Å². The third kappa shape index (κ3) is 2.75. The highest BCUT2D eigenvalue weighted by Crippen LogP contribution is 2.31. The molecule has 1 amide bonds. The van der Waals surface area contributed by atoms with Gasteiger partial charge in [-0.1, -0.05) is 18.2 Å². The minimum absolute atomic E-state index is 0.220. The summed E-state index contributed by atoms with van der Waals surface area (Å²) in [7, 11) is 1.43. The van der Waals surface area contributed by atoms with E-state index in [9.17, 15) is 4.79 Å². The van der Waals surface area contributed by atoms with Crippen molar-refractivity contribution in [2.24, 2.45) is 0 Å². The highest BCUT2D eigenvalue weighted by Gasteiger charge is 2.24. The molecule has 1 aliphatic rings. The molecule has 0 N–H and O–H groups in total. The number of nitrogens with zero attached hydrogens (tertiary/aromatic N) is 1. The molecule has 1 saturated heterocycles. The van der Waals surface area contributed by atoms with Gasteiger partial charge in [0.1, 0.15) is 0 Å². The Balaban J connectivity index is 2.00. The third-order valence-electron chi connectivity index (χ3n) is 3.30. The van der Waals surface area contributed by atoms with E-state index >= 15 is 0 Å². The van der Waals surface area contributed by atoms with Crippen LogP contribution in [0.25, 0.3) is 0 Å². The summed E-state index contributed by atoms with van der Waals surface area (Å²) < 4.78 is 4.73. The monoisotopic (exact) mass is 251 g/mol. The Morgan fingerprint density at radius 3 is 2.59 bits per heavy atom. The maximum absolute atomic E-state index is 11.4. The van der Waals surface area contributed by atoms with Crippen molar-refractivity contribution in [1.82, 2.24) is 4.90 Å². The third-order valence-corrected chi connectivity index (χ3v) is 3.71. The number of amides is 1. The number of carbonyl (C=O) groups excluding carboxylic acids is 1. The minimum Gasteiger partial charge on any atom is -0.453 e. The van der Waals surface area contributed by atoms with Crippen LogP contribution in [-0.4, -0.2) is 31.2 Å². The van der Waals surface area contributed by atoms with Crippen LogP contribution in [-0.2, 0) is 4.74 Å². The molecule has 0 radical (unpaired) electrons. The van der Waals surface area contributed by atoms with Crippen molar-refractivity contribution >= 4 is 18.7 Å². The van der Waals surface area contributed by atoms with Gasteiger partial charge in [-0.05, 0) is 30.4 Å². The highest BCUT2D eigenvalue weighted by molar-refractivity contribution is 7.80. The SMILES string of the molecule is COC(=O)N1CCC(c2ccccc2S)CC1. The number of benzene rings is 1. The molecule has 0 aliphatic carbocycles. The number of carbonyl (C=O) groups is 1. The summed E-state index contributed by atoms with van der Waals surface area (Å²) in [6, 6.07) is 8.18. The summed E-state index contributed by atoms with van der Waals surface area (Å²) in [5, 5.41) is 0. The van der Waals surface area contributed by atoms with Gasteiger partial charge in [0.05, 0.1) is 7.11 Å².